The Morgan fingerprint density at radius 1 is 0.955 bits per heavy atom. The van der Waals surface area contributed by atoms with Crippen LogP contribution in [0.25, 0.3) is 11.1 Å². The van der Waals surface area contributed by atoms with Gasteiger partial charge in [-0.3, -0.25) is 4.89 Å². The minimum Gasteiger partial charge on any atom is -0.458 e. The lowest BCUT2D eigenvalue weighted by molar-refractivity contribution is -0.182. The molecule has 0 amide bonds. The highest BCUT2D eigenvalue weighted by Gasteiger charge is 2.19. The van der Waals surface area contributed by atoms with E-state index in [4.69, 9.17) is 9.99 Å². The van der Waals surface area contributed by atoms with Crippen LogP contribution in [-0.2, 0) is 9.62 Å². The van der Waals surface area contributed by atoms with Gasteiger partial charge in [0.2, 0.25) is 0 Å². The molecule has 2 aromatic carbocycles. The van der Waals surface area contributed by atoms with E-state index in [-0.39, 0.29) is 12.2 Å². The molecular weight excluding hydrogens is 284 g/mol. The maximum absolute atomic E-state index is 12.1. The van der Waals surface area contributed by atoms with Crippen LogP contribution in [0.3, 0.4) is 0 Å². The highest BCUT2D eigenvalue weighted by atomic mass is 17.1. The SMILES string of the molecule is C=CCOC(=O)c1ccccc1-c1ccccc1C(=O)OO. The zero-order valence-electron chi connectivity index (χ0n) is 11.7. The van der Waals surface area contributed by atoms with E-state index in [1.807, 2.05) is 0 Å². The first kappa shape index (κ1) is 15.5. The van der Waals surface area contributed by atoms with Crippen molar-refractivity contribution < 1.29 is 24.5 Å². The molecule has 2 rings (SSSR count). The van der Waals surface area contributed by atoms with Gasteiger partial charge in [-0.25, -0.2) is 9.59 Å². The van der Waals surface area contributed by atoms with Crippen LogP contribution >= 0.6 is 0 Å². The molecule has 5 heteroatoms. The zero-order chi connectivity index (χ0) is 15.9. The van der Waals surface area contributed by atoms with Gasteiger partial charge in [0.15, 0.2) is 0 Å². The number of benzene rings is 2. The van der Waals surface area contributed by atoms with Gasteiger partial charge in [0.05, 0.1) is 11.1 Å². The van der Waals surface area contributed by atoms with Crippen LogP contribution in [0, 0.1) is 0 Å². The summed E-state index contributed by atoms with van der Waals surface area (Å²) in [4.78, 5) is 27.6. The van der Waals surface area contributed by atoms with Gasteiger partial charge in [-0.1, -0.05) is 49.1 Å². The molecule has 0 aliphatic carbocycles. The summed E-state index contributed by atoms with van der Waals surface area (Å²) in [5, 5.41) is 8.60. The smallest absolute Gasteiger partial charge is 0.373 e. The predicted octanol–water partition coefficient (Wildman–Crippen LogP) is 3.33. The monoisotopic (exact) mass is 298 g/mol. The highest BCUT2D eigenvalue weighted by Crippen LogP contribution is 2.28. The van der Waals surface area contributed by atoms with Crippen molar-refractivity contribution in [1.29, 1.82) is 0 Å². The third-order valence-electron chi connectivity index (χ3n) is 3.00. The average Bonchev–Trinajstić information content (AvgIpc) is 2.59. The Kier molecular flexibility index (Phi) is 5.06. The van der Waals surface area contributed by atoms with E-state index in [0.29, 0.717) is 16.7 Å². The molecule has 0 heterocycles. The number of esters is 1. The Morgan fingerprint density at radius 3 is 1.95 bits per heavy atom. The second-order valence-electron chi connectivity index (χ2n) is 4.36. The summed E-state index contributed by atoms with van der Waals surface area (Å²) in [7, 11) is 0. The van der Waals surface area contributed by atoms with E-state index in [1.165, 1.54) is 12.1 Å². The molecule has 0 aliphatic rings. The van der Waals surface area contributed by atoms with Crippen LogP contribution in [0.4, 0.5) is 0 Å². The quantitative estimate of drug-likeness (QED) is 0.397. The van der Waals surface area contributed by atoms with Crippen molar-refractivity contribution in [3.05, 3.63) is 72.3 Å². The van der Waals surface area contributed by atoms with E-state index >= 15 is 0 Å². The molecule has 0 saturated heterocycles. The van der Waals surface area contributed by atoms with Crippen LogP contribution < -0.4 is 0 Å². The summed E-state index contributed by atoms with van der Waals surface area (Å²) in [6, 6.07) is 13.2. The third kappa shape index (κ3) is 3.21. The van der Waals surface area contributed by atoms with Gasteiger partial charge < -0.3 is 4.74 Å². The normalized spacial score (nSPS) is 9.86. The van der Waals surface area contributed by atoms with Crippen LogP contribution in [0.2, 0.25) is 0 Å². The Labute approximate surface area is 127 Å². The predicted molar refractivity (Wildman–Crippen MR) is 80.4 cm³/mol. The number of carbonyl (C=O) groups is 2. The average molecular weight is 298 g/mol. The van der Waals surface area contributed by atoms with E-state index in [0.717, 1.165) is 0 Å². The highest BCUT2D eigenvalue weighted by molar-refractivity contribution is 6.03. The first-order chi connectivity index (χ1) is 10.7. The van der Waals surface area contributed by atoms with Gasteiger partial charge in [0.25, 0.3) is 0 Å². The van der Waals surface area contributed by atoms with E-state index in [2.05, 4.69) is 11.5 Å². The van der Waals surface area contributed by atoms with Crippen molar-refractivity contribution in [1.82, 2.24) is 0 Å². The van der Waals surface area contributed by atoms with Crippen molar-refractivity contribution >= 4 is 11.9 Å². The second-order valence-corrected chi connectivity index (χ2v) is 4.36. The number of hydrogen-bond acceptors (Lipinski definition) is 5. The minimum atomic E-state index is -0.898. The lowest BCUT2D eigenvalue weighted by Gasteiger charge is -2.11. The molecule has 0 atom stereocenters. The lowest BCUT2D eigenvalue weighted by atomic mass is 9.95. The molecule has 5 nitrogen and oxygen atoms in total. The summed E-state index contributed by atoms with van der Waals surface area (Å²) >= 11 is 0. The van der Waals surface area contributed by atoms with E-state index in [1.54, 1.807) is 42.5 Å². The van der Waals surface area contributed by atoms with Crippen molar-refractivity contribution in [3.63, 3.8) is 0 Å². The Balaban J connectivity index is 2.52. The fourth-order valence-corrected chi connectivity index (χ4v) is 2.05. The Hall–Kier alpha value is -2.92. The number of hydrogen-bond donors (Lipinski definition) is 1. The van der Waals surface area contributed by atoms with Gasteiger partial charge in [-0.15, -0.1) is 0 Å². The maximum atomic E-state index is 12.1. The molecule has 0 fully saturated rings. The van der Waals surface area contributed by atoms with Crippen molar-refractivity contribution in [3.8, 4) is 11.1 Å². The molecular formula is C17H14O5. The molecule has 0 bridgehead atoms. The van der Waals surface area contributed by atoms with Gasteiger partial charge in [0.1, 0.15) is 6.61 Å². The Morgan fingerprint density at radius 2 is 1.45 bits per heavy atom. The maximum Gasteiger partial charge on any atom is 0.373 e. The third-order valence-corrected chi connectivity index (χ3v) is 3.00. The first-order valence-corrected chi connectivity index (χ1v) is 6.51. The number of rotatable bonds is 5. The molecule has 2 aromatic rings. The number of carbonyl (C=O) groups excluding carboxylic acids is 2. The molecule has 0 aliphatic heterocycles. The van der Waals surface area contributed by atoms with Gasteiger partial charge >= 0.3 is 11.9 Å². The summed E-state index contributed by atoms with van der Waals surface area (Å²) < 4.78 is 5.04. The summed E-state index contributed by atoms with van der Waals surface area (Å²) in [5.74, 6) is -1.42. The molecule has 0 saturated carbocycles. The number of ether oxygens (including phenoxy) is 1. The van der Waals surface area contributed by atoms with Crippen molar-refractivity contribution in [2.24, 2.45) is 0 Å². The standard InChI is InChI=1S/C17H14O5/c1-2-11-21-16(18)14-9-5-3-7-12(14)13-8-4-6-10-15(13)17(19)22-20/h2-10,20H,1,11H2. The zero-order valence-corrected chi connectivity index (χ0v) is 11.7. The van der Waals surface area contributed by atoms with Gasteiger partial charge in [0, 0.05) is 0 Å². The minimum absolute atomic E-state index is 0.0908. The molecule has 0 spiro atoms. The fraction of sp³-hybridized carbons (Fsp3) is 0.0588. The van der Waals surface area contributed by atoms with Crippen LogP contribution in [-0.4, -0.2) is 23.8 Å². The topological polar surface area (TPSA) is 72.8 Å². The van der Waals surface area contributed by atoms with Gasteiger partial charge in [-0.2, -0.15) is 5.26 Å². The van der Waals surface area contributed by atoms with Crippen LogP contribution in [0.5, 0.6) is 0 Å². The molecule has 22 heavy (non-hydrogen) atoms. The molecule has 0 aromatic heterocycles. The molecule has 1 N–H and O–H groups in total. The molecule has 0 unspecified atom stereocenters. The Bertz CT molecular complexity index is 706. The summed E-state index contributed by atoms with van der Waals surface area (Å²) in [5.41, 5.74) is 1.43. The second kappa shape index (κ2) is 7.19. The fourth-order valence-electron chi connectivity index (χ4n) is 2.05. The van der Waals surface area contributed by atoms with Crippen LogP contribution in [0.15, 0.2) is 61.2 Å². The first-order valence-electron chi connectivity index (χ1n) is 6.51. The summed E-state index contributed by atoms with van der Waals surface area (Å²) in [6.07, 6.45) is 1.47. The van der Waals surface area contributed by atoms with E-state index < -0.39 is 11.9 Å². The largest absolute Gasteiger partial charge is 0.458 e. The lowest BCUT2D eigenvalue weighted by Crippen LogP contribution is -2.09. The van der Waals surface area contributed by atoms with E-state index in [9.17, 15) is 9.59 Å². The molecule has 0 radical (unpaired) electrons. The van der Waals surface area contributed by atoms with Crippen molar-refractivity contribution in [2.75, 3.05) is 6.61 Å². The summed E-state index contributed by atoms with van der Waals surface area (Å²) in [6.45, 7) is 3.58. The van der Waals surface area contributed by atoms with Gasteiger partial charge in [-0.05, 0) is 23.3 Å². The molecule has 112 valence electrons. The van der Waals surface area contributed by atoms with Crippen LogP contribution in [0.1, 0.15) is 20.7 Å². The van der Waals surface area contributed by atoms with Crippen molar-refractivity contribution in [2.45, 2.75) is 0 Å².